The molecule has 0 amide bonds. The number of hydrogen-bond donors (Lipinski definition) is 1. The maximum absolute atomic E-state index is 11.4. The van der Waals surface area contributed by atoms with Gasteiger partial charge in [0.1, 0.15) is 11.9 Å². The monoisotopic (exact) mass is 234 g/mol. The van der Waals surface area contributed by atoms with E-state index in [4.69, 9.17) is 4.74 Å². The number of carbonyl (C=O) groups excluding carboxylic acids is 1. The summed E-state index contributed by atoms with van der Waals surface area (Å²) in [6, 6.07) is 7.05. The van der Waals surface area contributed by atoms with Gasteiger partial charge in [0.05, 0.1) is 7.11 Å². The highest BCUT2D eigenvalue weighted by atomic mass is 16.5. The maximum atomic E-state index is 11.4. The number of rotatable bonds is 5. The molecule has 1 rings (SSSR count). The number of aliphatic hydroxyl groups is 1. The Labute approximate surface area is 102 Å². The van der Waals surface area contributed by atoms with Crippen LogP contribution in [0.1, 0.15) is 31.9 Å². The van der Waals surface area contributed by atoms with Gasteiger partial charge < -0.3 is 9.84 Å². The Hall–Kier alpha value is -1.61. The van der Waals surface area contributed by atoms with Crippen LogP contribution in [-0.4, -0.2) is 18.0 Å². The predicted octanol–water partition coefficient (Wildman–Crippen LogP) is 2.65. The Kier molecular flexibility index (Phi) is 4.91. The van der Waals surface area contributed by atoms with Crippen molar-refractivity contribution in [2.45, 2.75) is 26.4 Å². The van der Waals surface area contributed by atoms with Gasteiger partial charge in [0.15, 0.2) is 5.78 Å². The number of ether oxygens (including phenoxy) is 1. The van der Waals surface area contributed by atoms with Crippen molar-refractivity contribution in [3.8, 4) is 5.75 Å². The lowest BCUT2D eigenvalue weighted by Gasteiger charge is -2.13. The number of allylic oxidation sites excluding steroid dienone is 1. The Morgan fingerprint density at radius 1 is 1.41 bits per heavy atom. The predicted molar refractivity (Wildman–Crippen MR) is 67.0 cm³/mol. The highest BCUT2D eigenvalue weighted by molar-refractivity contribution is 5.94. The van der Waals surface area contributed by atoms with Crippen molar-refractivity contribution < 1.29 is 14.6 Å². The number of ketones is 1. The number of hydrogen-bond acceptors (Lipinski definition) is 3. The van der Waals surface area contributed by atoms with Crippen molar-refractivity contribution >= 4 is 5.78 Å². The van der Waals surface area contributed by atoms with E-state index in [-0.39, 0.29) is 5.78 Å². The molecule has 1 unspecified atom stereocenters. The van der Waals surface area contributed by atoms with E-state index in [0.29, 0.717) is 11.1 Å². The summed E-state index contributed by atoms with van der Waals surface area (Å²) >= 11 is 0. The lowest BCUT2D eigenvalue weighted by Crippen LogP contribution is -2.08. The van der Waals surface area contributed by atoms with Gasteiger partial charge in [-0.05, 0) is 31.0 Å². The normalized spacial score (nSPS) is 13.3. The molecule has 0 spiro atoms. The van der Waals surface area contributed by atoms with Crippen LogP contribution in [0.5, 0.6) is 5.75 Å². The molecule has 0 aliphatic rings. The average Bonchev–Trinajstić information content (AvgIpc) is 2.35. The standard InChI is InChI=1S/C14H18O3/c1-4-5-13(10(2)15)14(16)11-6-8-12(17-3)9-7-11/h5-9,14,16H,4H2,1-3H3/b13-5+. The lowest BCUT2D eigenvalue weighted by atomic mass is 9.98. The number of carbonyl (C=O) groups is 1. The van der Waals surface area contributed by atoms with Crippen LogP contribution in [0, 0.1) is 0 Å². The molecular formula is C14H18O3. The van der Waals surface area contributed by atoms with Crippen molar-refractivity contribution in [2.75, 3.05) is 7.11 Å². The van der Waals surface area contributed by atoms with Gasteiger partial charge in [-0.25, -0.2) is 0 Å². The second-order valence-electron chi connectivity index (χ2n) is 3.80. The molecule has 0 heterocycles. The van der Waals surface area contributed by atoms with Gasteiger partial charge in [0.2, 0.25) is 0 Å². The third-order valence-electron chi connectivity index (χ3n) is 2.56. The number of aliphatic hydroxyl groups excluding tert-OH is 1. The third-order valence-corrected chi connectivity index (χ3v) is 2.56. The van der Waals surface area contributed by atoms with Crippen LogP contribution < -0.4 is 4.74 Å². The zero-order valence-corrected chi connectivity index (χ0v) is 10.4. The molecule has 3 heteroatoms. The van der Waals surface area contributed by atoms with Crippen molar-refractivity contribution in [1.82, 2.24) is 0 Å². The number of methoxy groups -OCH3 is 1. The Bertz CT molecular complexity index is 404. The van der Waals surface area contributed by atoms with Crippen LogP contribution in [0.2, 0.25) is 0 Å². The van der Waals surface area contributed by atoms with Gasteiger partial charge in [-0.3, -0.25) is 4.79 Å². The minimum Gasteiger partial charge on any atom is -0.497 e. The van der Waals surface area contributed by atoms with E-state index in [1.165, 1.54) is 6.92 Å². The van der Waals surface area contributed by atoms with Crippen molar-refractivity contribution in [2.24, 2.45) is 0 Å². The summed E-state index contributed by atoms with van der Waals surface area (Å²) in [6.07, 6.45) is 1.62. The first-order valence-corrected chi connectivity index (χ1v) is 5.63. The van der Waals surface area contributed by atoms with E-state index < -0.39 is 6.10 Å². The van der Waals surface area contributed by atoms with Crippen LogP contribution in [0.3, 0.4) is 0 Å². The third kappa shape index (κ3) is 3.43. The number of benzene rings is 1. The second-order valence-corrected chi connectivity index (χ2v) is 3.80. The second kappa shape index (κ2) is 6.21. The van der Waals surface area contributed by atoms with Crippen LogP contribution in [-0.2, 0) is 4.79 Å². The van der Waals surface area contributed by atoms with E-state index in [1.807, 2.05) is 6.92 Å². The Morgan fingerprint density at radius 2 is 2.00 bits per heavy atom. The average molecular weight is 234 g/mol. The number of Topliss-reactive ketones (excluding diaryl/α,β-unsaturated/α-hetero) is 1. The summed E-state index contributed by atoms with van der Waals surface area (Å²) in [5, 5.41) is 10.1. The Balaban J connectivity index is 2.97. The van der Waals surface area contributed by atoms with Crippen LogP contribution in [0.15, 0.2) is 35.9 Å². The van der Waals surface area contributed by atoms with Gasteiger partial charge in [-0.15, -0.1) is 0 Å². The zero-order valence-electron chi connectivity index (χ0n) is 10.4. The summed E-state index contributed by atoms with van der Waals surface area (Å²) in [4.78, 5) is 11.4. The van der Waals surface area contributed by atoms with Gasteiger partial charge in [0, 0.05) is 5.57 Å². The lowest BCUT2D eigenvalue weighted by molar-refractivity contribution is -0.114. The fourth-order valence-corrected chi connectivity index (χ4v) is 1.63. The molecule has 1 N–H and O–H groups in total. The minimum absolute atomic E-state index is 0.102. The largest absolute Gasteiger partial charge is 0.497 e. The molecule has 0 aliphatic heterocycles. The van der Waals surface area contributed by atoms with Crippen molar-refractivity contribution in [1.29, 1.82) is 0 Å². The van der Waals surface area contributed by atoms with Gasteiger partial charge >= 0.3 is 0 Å². The molecule has 0 bridgehead atoms. The molecule has 1 aromatic carbocycles. The zero-order chi connectivity index (χ0) is 12.8. The minimum atomic E-state index is -0.863. The molecular weight excluding hydrogens is 216 g/mol. The molecule has 3 nitrogen and oxygen atoms in total. The molecule has 1 aromatic rings. The van der Waals surface area contributed by atoms with Gasteiger partial charge in [-0.1, -0.05) is 25.1 Å². The first kappa shape index (κ1) is 13.5. The fraction of sp³-hybridized carbons (Fsp3) is 0.357. The summed E-state index contributed by atoms with van der Waals surface area (Å²) in [5.41, 5.74) is 1.14. The van der Waals surface area contributed by atoms with Crippen LogP contribution in [0.25, 0.3) is 0 Å². The highest BCUT2D eigenvalue weighted by Crippen LogP contribution is 2.24. The summed E-state index contributed by atoms with van der Waals surface area (Å²) in [5.74, 6) is 0.625. The highest BCUT2D eigenvalue weighted by Gasteiger charge is 2.16. The quantitative estimate of drug-likeness (QED) is 0.797. The van der Waals surface area contributed by atoms with E-state index in [9.17, 15) is 9.90 Å². The molecule has 92 valence electrons. The smallest absolute Gasteiger partial charge is 0.158 e. The summed E-state index contributed by atoms with van der Waals surface area (Å²) in [6.45, 7) is 3.40. The van der Waals surface area contributed by atoms with Crippen LogP contribution >= 0.6 is 0 Å². The first-order valence-electron chi connectivity index (χ1n) is 5.63. The molecule has 1 atom stereocenters. The first-order chi connectivity index (χ1) is 8.10. The molecule has 0 saturated heterocycles. The summed E-state index contributed by atoms with van der Waals surface area (Å²) in [7, 11) is 1.59. The van der Waals surface area contributed by atoms with Crippen LogP contribution in [0.4, 0.5) is 0 Å². The summed E-state index contributed by atoms with van der Waals surface area (Å²) < 4.78 is 5.04. The van der Waals surface area contributed by atoms with Gasteiger partial charge in [-0.2, -0.15) is 0 Å². The molecule has 0 aliphatic carbocycles. The molecule has 0 fully saturated rings. The maximum Gasteiger partial charge on any atom is 0.158 e. The van der Waals surface area contributed by atoms with E-state index in [0.717, 1.165) is 12.2 Å². The fourth-order valence-electron chi connectivity index (χ4n) is 1.63. The van der Waals surface area contributed by atoms with E-state index in [1.54, 1.807) is 37.5 Å². The Morgan fingerprint density at radius 3 is 2.41 bits per heavy atom. The topological polar surface area (TPSA) is 46.5 Å². The molecule has 0 saturated carbocycles. The molecule has 0 radical (unpaired) electrons. The SMILES string of the molecule is CC/C=C(\C(C)=O)C(O)c1ccc(OC)cc1. The molecule has 0 aromatic heterocycles. The van der Waals surface area contributed by atoms with Crippen molar-refractivity contribution in [3.05, 3.63) is 41.5 Å². The molecule has 17 heavy (non-hydrogen) atoms. The van der Waals surface area contributed by atoms with E-state index >= 15 is 0 Å². The van der Waals surface area contributed by atoms with Crippen molar-refractivity contribution in [3.63, 3.8) is 0 Å². The van der Waals surface area contributed by atoms with Gasteiger partial charge in [0.25, 0.3) is 0 Å². The van der Waals surface area contributed by atoms with E-state index in [2.05, 4.69) is 0 Å².